The van der Waals surface area contributed by atoms with Crippen molar-refractivity contribution in [1.82, 2.24) is 4.98 Å². The van der Waals surface area contributed by atoms with Crippen LogP contribution in [0.1, 0.15) is 25.7 Å². The molecule has 0 aromatic carbocycles. The molecule has 1 aromatic rings. The van der Waals surface area contributed by atoms with E-state index in [0.29, 0.717) is 6.04 Å². The minimum Gasteiger partial charge on any atom is -0.366 e. The highest BCUT2D eigenvalue weighted by atomic mass is 79.9. The number of halogens is 1. The van der Waals surface area contributed by atoms with Crippen LogP contribution in [0.15, 0.2) is 22.8 Å². The topological polar surface area (TPSA) is 24.9 Å². The molecule has 0 radical (unpaired) electrons. The van der Waals surface area contributed by atoms with Crippen molar-refractivity contribution < 1.29 is 0 Å². The van der Waals surface area contributed by atoms with Gasteiger partial charge >= 0.3 is 0 Å². The van der Waals surface area contributed by atoms with Crippen molar-refractivity contribution in [2.24, 2.45) is 0 Å². The van der Waals surface area contributed by atoms with E-state index >= 15 is 0 Å². The lowest BCUT2D eigenvalue weighted by molar-refractivity contribution is 0.474. The van der Waals surface area contributed by atoms with E-state index in [2.05, 4.69) is 32.5 Å². The van der Waals surface area contributed by atoms with Gasteiger partial charge in [-0.25, -0.2) is 4.98 Å². The summed E-state index contributed by atoms with van der Waals surface area (Å²) in [4.78, 5) is 4.43. The van der Waals surface area contributed by atoms with Crippen molar-refractivity contribution in [2.75, 3.05) is 11.6 Å². The van der Waals surface area contributed by atoms with Crippen molar-refractivity contribution in [1.29, 1.82) is 0 Å². The number of pyridine rings is 1. The molecule has 0 spiro atoms. The van der Waals surface area contributed by atoms with Crippen LogP contribution in [-0.4, -0.2) is 22.5 Å². The molecule has 2 atom stereocenters. The number of rotatable bonds is 3. The third-order valence-electron chi connectivity index (χ3n) is 3.05. The third-order valence-corrected chi connectivity index (χ3v) is 4.67. The molecule has 88 valence electrons. The van der Waals surface area contributed by atoms with E-state index in [9.17, 15) is 0 Å². The van der Waals surface area contributed by atoms with E-state index in [4.69, 9.17) is 0 Å². The highest BCUT2D eigenvalue weighted by Crippen LogP contribution is 2.29. The van der Waals surface area contributed by atoms with Crippen LogP contribution < -0.4 is 5.32 Å². The summed E-state index contributed by atoms with van der Waals surface area (Å²) in [5.41, 5.74) is 0. The van der Waals surface area contributed by atoms with E-state index in [0.717, 1.165) is 15.7 Å². The summed E-state index contributed by atoms with van der Waals surface area (Å²) in [5, 5.41) is 4.29. The molecule has 1 N–H and O–H groups in total. The Morgan fingerprint density at radius 2 is 2.19 bits per heavy atom. The Hall–Kier alpha value is -0.220. The SMILES string of the molecule is CSC1CCCCC1Nc1cccc(Br)n1. The van der Waals surface area contributed by atoms with Crippen molar-refractivity contribution >= 4 is 33.5 Å². The van der Waals surface area contributed by atoms with Gasteiger partial charge in [-0.05, 0) is 47.2 Å². The van der Waals surface area contributed by atoms with Crippen molar-refractivity contribution in [2.45, 2.75) is 37.0 Å². The highest BCUT2D eigenvalue weighted by molar-refractivity contribution is 9.10. The number of nitrogens with zero attached hydrogens (tertiary/aromatic N) is 1. The number of hydrogen-bond donors (Lipinski definition) is 1. The fourth-order valence-corrected chi connectivity index (χ4v) is 3.50. The molecule has 0 bridgehead atoms. The summed E-state index contributed by atoms with van der Waals surface area (Å²) in [6.07, 6.45) is 7.50. The Morgan fingerprint density at radius 1 is 1.38 bits per heavy atom. The highest BCUT2D eigenvalue weighted by Gasteiger charge is 2.24. The fraction of sp³-hybridized carbons (Fsp3) is 0.583. The molecule has 2 nitrogen and oxygen atoms in total. The Balaban J connectivity index is 2.02. The molecule has 1 fully saturated rings. The van der Waals surface area contributed by atoms with Gasteiger partial charge in [-0.2, -0.15) is 11.8 Å². The van der Waals surface area contributed by atoms with Gasteiger partial charge in [0.25, 0.3) is 0 Å². The Labute approximate surface area is 110 Å². The van der Waals surface area contributed by atoms with Gasteiger partial charge in [0.15, 0.2) is 0 Å². The minimum atomic E-state index is 0.575. The molecule has 1 saturated carbocycles. The van der Waals surface area contributed by atoms with Crippen LogP contribution in [0.5, 0.6) is 0 Å². The van der Waals surface area contributed by atoms with Gasteiger partial charge in [0, 0.05) is 11.3 Å². The summed E-state index contributed by atoms with van der Waals surface area (Å²) in [5.74, 6) is 0.986. The molecule has 16 heavy (non-hydrogen) atoms. The average Bonchev–Trinajstić information content (AvgIpc) is 2.30. The smallest absolute Gasteiger partial charge is 0.127 e. The Bertz CT molecular complexity index is 346. The Kier molecular flexibility index (Phi) is 4.53. The zero-order valence-corrected chi connectivity index (χ0v) is 11.9. The van der Waals surface area contributed by atoms with Crippen molar-refractivity contribution in [3.63, 3.8) is 0 Å². The lowest BCUT2D eigenvalue weighted by Gasteiger charge is -2.31. The average molecular weight is 301 g/mol. The summed E-state index contributed by atoms with van der Waals surface area (Å²) >= 11 is 5.38. The van der Waals surface area contributed by atoms with Gasteiger partial charge < -0.3 is 5.32 Å². The van der Waals surface area contributed by atoms with E-state index < -0.39 is 0 Å². The molecule has 4 heteroatoms. The normalized spacial score (nSPS) is 25.4. The van der Waals surface area contributed by atoms with E-state index in [1.54, 1.807) is 0 Å². The van der Waals surface area contributed by atoms with Crippen LogP contribution >= 0.6 is 27.7 Å². The van der Waals surface area contributed by atoms with E-state index in [1.807, 2.05) is 30.0 Å². The maximum absolute atomic E-state index is 4.43. The van der Waals surface area contributed by atoms with Crippen LogP contribution in [0.25, 0.3) is 0 Å². The molecule has 1 aliphatic carbocycles. The van der Waals surface area contributed by atoms with Crippen molar-refractivity contribution in [3.05, 3.63) is 22.8 Å². The van der Waals surface area contributed by atoms with E-state index in [-0.39, 0.29) is 0 Å². The number of aromatic nitrogens is 1. The second kappa shape index (κ2) is 5.92. The molecule has 0 amide bonds. The molecule has 1 aromatic heterocycles. The van der Waals surface area contributed by atoms with Crippen LogP contribution in [0, 0.1) is 0 Å². The number of thioether (sulfide) groups is 1. The molecular formula is C12H17BrN2S. The van der Waals surface area contributed by atoms with Crippen LogP contribution in [-0.2, 0) is 0 Å². The first-order valence-electron chi connectivity index (χ1n) is 5.71. The summed E-state index contributed by atoms with van der Waals surface area (Å²) in [6.45, 7) is 0. The number of anilines is 1. The lowest BCUT2D eigenvalue weighted by atomic mass is 9.95. The van der Waals surface area contributed by atoms with Crippen LogP contribution in [0.3, 0.4) is 0 Å². The van der Waals surface area contributed by atoms with Gasteiger partial charge in [-0.15, -0.1) is 0 Å². The summed E-state index contributed by atoms with van der Waals surface area (Å²) in [6, 6.07) is 6.59. The zero-order chi connectivity index (χ0) is 11.4. The maximum atomic E-state index is 4.43. The van der Waals surface area contributed by atoms with E-state index in [1.165, 1.54) is 25.7 Å². The Morgan fingerprint density at radius 3 is 2.94 bits per heavy atom. The quantitative estimate of drug-likeness (QED) is 0.856. The summed E-state index contributed by atoms with van der Waals surface area (Å²) < 4.78 is 0.897. The first-order valence-corrected chi connectivity index (χ1v) is 7.79. The summed E-state index contributed by atoms with van der Waals surface area (Å²) in [7, 11) is 0. The number of nitrogens with one attached hydrogen (secondary N) is 1. The van der Waals surface area contributed by atoms with Gasteiger partial charge in [0.05, 0.1) is 0 Å². The minimum absolute atomic E-state index is 0.575. The molecule has 2 rings (SSSR count). The second-order valence-electron chi connectivity index (χ2n) is 4.15. The van der Waals surface area contributed by atoms with Gasteiger partial charge in [0.2, 0.25) is 0 Å². The molecule has 2 unspecified atom stereocenters. The zero-order valence-electron chi connectivity index (χ0n) is 9.45. The van der Waals surface area contributed by atoms with Gasteiger partial charge in [0.1, 0.15) is 10.4 Å². The van der Waals surface area contributed by atoms with Crippen LogP contribution in [0.4, 0.5) is 5.82 Å². The first-order chi connectivity index (χ1) is 7.79. The molecule has 1 aliphatic rings. The van der Waals surface area contributed by atoms with Gasteiger partial charge in [-0.1, -0.05) is 18.9 Å². The van der Waals surface area contributed by atoms with Crippen molar-refractivity contribution in [3.8, 4) is 0 Å². The molecule has 0 saturated heterocycles. The second-order valence-corrected chi connectivity index (χ2v) is 6.04. The fourth-order valence-electron chi connectivity index (χ4n) is 2.22. The van der Waals surface area contributed by atoms with Crippen LogP contribution in [0.2, 0.25) is 0 Å². The predicted molar refractivity (Wildman–Crippen MR) is 75.1 cm³/mol. The molecular weight excluding hydrogens is 284 g/mol. The first kappa shape index (κ1) is 12.2. The maximum Gasteiger partial charge on any atom is 0.127 e. The molecule has 0 aliphatic heterocycles. The third kappa shape index (κ3) is 3.14. The molecule has 1 heterocycles. The predicted octanol–water partition coefficient (Wildman–Crippen LogP) is 3.93. The lowest BCUT2D eigenvalue weighted by Crippen LogP contribution is -2.34. The van der Waals surface area contributed by atoms with Gasteiger partial charge in [-0.3, -0.25) is 0 Å². The monoisotopic (exact) mass is 300 g/mol. The standard InChI is InChI=1S/C12H17BrN2S/c1-16-10-6-3-2-5-9(10)14-12-8-4-7-11(13)15-12/h4,7-10H,2-3,5-6H2,1H3,(H,14,15). The largest absolute Gasteiger partial charge is 0.366 e. The number of hydrogen-bond acceptors (Lipinski definition) is 3.